The lowest BCUT2D eigenvalue weighted by Gasteiger charge is -2.22. The van der Waals surface area contributed by atoms with Gasteiger partial charge in [0, 0.05) is 19.6 Å². The van der Waals surface area contributed by atoms with Crippen molar-refractivity contribution in [2.45, 2.75) is 25.7 Å². The summed E-state index contributed by atoms with van der Waals surface area (Å²) in [5, 5.41) is 3.23. The molecule has 3 atom stereocenters. The Morgan fingerprint density at radius 3 is 2.86 bits per heavy atom. The van der Waals surface area contributed by atoms with Crippen LogP contribution in [0.3, 0.4) is 0 Å². The minimum absolute atomic E-state index is 0.223. The molecule has 1 aliphatic heterocycles. The van der Waals surface area contributed by atoms with Crippen molar-refractivity contribution >= 4 is 5.91 Å². The minimum atomic E-state index is 0.223. The van der Waals surface area contributed by atoms with Crippen molar-refractivity contribution < 1.29 is 4.79 Å². The van der Waals surface area contributed by atoms with Gasteiger partial charge in [0.2, 0.25) is 5.91 Å². The van der Waals surface area contributed by atoms with Crippen LogP contribution < -0.4 is 5.32 Å². The average molecular weight is 303 g/mol. The van der Waals surface area contributed by atoms with E-state index in [0.717, 1.165) is 44.6 Å². The number of allylic oxidation sites excluding steroid dienone is 2. The number of rotatable bonds is 4. The van der Waals surface area contributed by atoms with Crippen LogP contribution in [0.15, 0.2) is 12.2 Å². The van der Waals surface area contributed by atoms with Crippen LogP contribution in [0.4, 0.5) is 0 Å². The highest BCUT2D eigenvalue weighted by atomic mass is 16.2. The molecule has 4 aliphatic rings. The molecule has 1 spiro atoms. The van der Waals surface area contributed by atoms with E-state index in [1.54, 1.807) is 0 Å². The van der Waals surface area contributed by atoms with E-state index in [4.69, 9.17) is 0 Å². The zero-order valence-electron chi connectivity index (χ0n) is 13.8. The Kier molecular flexibility index (Phi) is 3.77. The first-order valence-electron chi connectivity index (χ1n) is 9.03. The van der Waals surface area contributed by atoms with Gasteiger partial charge >= 0.3 is 0 Å². The fourth-order valence-electron chi connectivity index (χ4n) is 5.12. The standard InChI is InChI=1S/C18H29N3O/c1-20-7-2-8-21(10-9-20)13-17(22)19-12-14-11-15-3-4-16(14)18(15)5-6-18/h3-4,14-16H,2,5-13H2,1H3,(H,19,22)/t14-,15-,16-/m0/s1. The van der Waals surface area contributed by atoms with Crippen LogP contribution in [0, 0.1) is 23.2 Å². The quantitative estimate of drug-likeness (QED) is 0.796. The summed E-state index contributed by atoms with van der Waals surface area (Å²) in [6.45, 7) is 5.77. The number of nitrogens with one attached hydrogen (secondary N) is 1. The maximum absolute atomic E-state index is 12.3. The van der Waals surface area contributed by atoms with Crippen molar-refractivity contribution in [1.82, 2.24) is 15.1 Å². The molecule has 0 aromatic heterocycles. The second-order valence-electron chi connectivity index (χ2n) is 7.98. The number of amides is 1. The van der Waals surface area contributed by atoms with Gasteiger partial charge in [0.15, 0.2) is 0 Å². The molecule has 0 aromatic carbocycles. The first-order valence-corrected chi connectivity index (χ1v) is 9.03. The van der Waals surface area contributed by atoms with Gasteiger partial charge in [-0.2, -0.15) is 0 Å². The lowest BCUT2D eigenvalue weighted by molar-refractivity contribution is -0.122. The second kappa shape index (κ2) is 5.64. The molecule has 1 saturated heterocycles. The molecule has 0 unspecified atom stereocenters. The molecule has 3 fully saturated rings. The van der Waals surface area contributed by atoms with Gasteiger partial charge in [0.05, 0.1) is 6.54 Å². The third kappa shape index (κ3) is 2.61. The maximum Gasteiger partial charge on any atom is 0.234 e. The number of hydrogen-bond donors (Lipinski definition) is 1. The number of nitrogens with zero attached hydrogens (tertiary/aromatic N) is 2. The number of carbonyl (C=O) groups is 1. The van der Waals surface area contributed by atoms with Crippen LogP contribution in [-0.4, -0.2) is 62.0 Å². The smallest absolute Gasteiger partial charge is 0.234 e. The first kappa shape index (κ1) is 14.7. The maximum atomic E-state index is 12.3. The zero-order chi connectivity index (χ0) is 15.2. The lowest BCUT2D eigenvalue weighted by Crippen LogP contribution is -2.41. The molecule has 22 heavy (non-hydrogen) atoms. The summed E-state index contributed by atoms with van der Waals surface area (Å²) in [4.78, 5) is 16.9. The lowest BCUT2D eigenvalue weighted by atomic mass is 9.89. The molecule has 4 heteroatoms. The third-order valence-electron chi connectivity index (χ3n) is 6.59. The fourth-order valence-corrected chi connectivity index (χ4v) is 5.12. The predicted molar refractivity (Wildman–Crippen MR) is 87.5 cm³/mol. The molecule has 0 radical (unpaired) electrons. The summed E-state index contributed by atoms with van der Waals surface area (Å²) in [5.74, 6) is 2.49. The van der Waals surface area contributed by atoms with Crippen LogP contribution in [0.2, 0.25) is 0 Å². The van der Waals surface area contributed by atoms with Crippen molar-refractivity contribution in [2.75, 3.05) is 46.3 Å². The number of hydrogen-bond acceptors (Lipinski definition) is 3. The fraction of sp³-hybridized carbons (Fsp3) is 0.833. The summed E-state index contributed by atoms with van der Waals surface area (Å²) in [6.07, 6.45) is 10.2. The number of carbonyl (C=O) groups excluding carboxylic acids is 1. The van der Waals surface area contributed by atoms with E-state index >= 15 is 0 Å². The van der Waals surface area contributed by atoms with Crippen LogP contribution in [-0.2, 0) is 4.79 Å². The van der Waals surface area contributed by atoms with Gasteiger partial charge in [-0.15, -0.1) is 0 Å². The van der Waals surface area contributed by atoms with Crippen molar-refractivity contribution in [1.29, 1.82) is 0 Å². The van der Waals surface area contributed by atoms with Gasteiger partial charge in [0.25, 0.3) is 0 Å². The third-order valence-corrected chi connectivity index (χ3v) is 6.59. The van der Waals surface area contributed by atoms with E-state index < -0.39 is 0 Å². The summed E-state index contributed by atoms with van der Waals surface area (Å²) in [6, 6.07) is 0. The molecule has 2 saturated carbocycles. The highest BCUT2D eigenvalue weighted by Crippen LogP contribution is 2.69. The normalized spacial score (nSPS) is 36.7. The molecule has 0 aromatic rings. The van der Waals surface area contributed by atoms with Crippen LogP contribution in [0.25, 0.3) is 0 Å². The second-order valence-corrected chi connectivity index (χ2v) is 7.98. The van der Waals surface area contributed by atoms with E-state index in [-0.39, 0.29) is 5.91 Å². The van der Waals surface area contributed by atoms with Gasteiger partial charge in [-0.1, -0.05) is 12.2 Å². The Labute approximate surface area is 133 Å². The monoisotopic (exact) mass is 303 g/mol. The number of likely N-dealkylation sites (N-methyl/N-ethyl adjacent to an activating group) is 1. The van der Waals surface area contributed by atoms with Gasteiger partial charge < -0.3 is 10.2 Å². The minimum Gasteiger partial charge on any atom is -0.355 e. The van der Waals surface area contributed by atoms with Gasteiger partial charge in [0.1, 0.15) is 0 Å². The topological polar surface area (TPSA) is 35.6 Å². The first-order chi connectivity index (χ1) is 10.7. The summed E-state index contributed by atoms with van der Waals surface area (Å²) < 4.78 is 0. The van der Waals surface area contributed by atoms with E-state index in [1.165, 1.54) is 25.7 Å². The van der Waals surface area contributed by atoms with Crippen LogP contribution in [0.5, 0.6) is 0 Å². The summed E-state index contributed by atoms with van der Waals surface area (Å²) in [5.41, 5.74) is 0.644. The summed E-state index contributed by atoms with van der Waals surface area (Å²) >= 11 is 0. The zero-order valence-corrected chi connectivity index (χ0v) is 13.8. The van der Waals surface area contributed by atoms with E-state index in [0.29, 0.717) is 17.9 Å². The van der Waals surface area contributed by atoms with Gasteiger partial charge in [-0.25, -0.2) is 0 Å². The highest BCUT2D eigenvalue weighted by Gasteiger charge is 2.62. The summed E-state index contributed by atoms with van der Waals surface area (Å²) in [7, 11) is 2.17. The SMILES string of the molecule is CN1CCCN(CC(=O)NC[C@@H]2C[C@@H]3C=C[C@@H]2C32CC2)CC1. The molecular weight excluding hydrogens is 274 g/mol. The molecule has 1 N–H and O–H groups in total. The van der Waals surface area contributed by atoms with Crippen LogP contribution in [0.1, 0.15) is 25.7 Å². The Bertz CT molecular complexity index is 471. The molecule has 3 aliphatic carbocycles. The predicted octanol–water partition coefficient (Wildman–Crippen LogP) is 1.34. The average Bonchev–Trinajstić information content (AvgIpc) is 3.20. The Balaban J connectivity index is 1.23. The Morgan fingerprint density at radius 1 is 1.23 bits per heavy atom. The van der Waals surface area contributed by atoms with Gasteiger partial charge in [-0.3, -0.25) is 9.69 Å². The van der Waals surface area contributed by atoms with E-state index in [1.807, 2.05) is 0 Å². The van der Waals surface area contributed by atoms with Crippen LogP contribution >= 0.6 is 0 Å². The molecule has 122 valence electrons. The molecular formula is C18H29N3O. The van der Waals surface area contributed by atoms with Gasteiger partial charge in [-0.05, 0) is 69.0 Å². The Morgan fingerprint density at radius 2 is 2.09 bits per heavy atom. The molecule has 1 heterocycles. The van der Waals surface area contributed by atoms with Crippen molar-refractivity contribution in [3.05, 3.63) is 12.2 Å². The van der Waals surface area contributed by atoms with Crippen molar-refractivity contribution in [2.24, 2.45) is 23.2 Å². The van der Waals surface area contributed by atoms with E-state index in [2.05, 4.69) is 34.3 Å². The molecule has 2 bridgehead atoms. The molecule has 1 amide bonds. The van der Waals surface area contributed by atoms with Crippen molar-refractivity contribution in [3.8, 4) is 0 Å². The van der Waals surface area contributed by atoms with E-state index in [9.17, 15) is 4.79 Å². The van der Waals surface area contributed by atoms with Crippen molar-refractivity contribution in [3.63, 3.8) is 0 Å². The Hall–Kier alpha value is -0.870. The molecule has 4 rings (SSSR count). The largest absolute Gasteiger partial charge is 0.355 e. The highest BCUT2D eigenvalue weighted by molar-refractivity contribution is 5.78. The molecule has 4 nitrogen and oxygen atoms in total.